The summed E-state index contributed by atoms with van der Waals surface area (Å²) in [5, 5.41) is 0. The van der Waals surface area contributed by atoms with Crippen molar-refractivity contribution in [2.45, 2.75) is 91.9 Å². The number of rotatable bonds is 22. The van der Waals surface area contributed by atoms with Crippen LogP contribution in [-0.2, 0) is 9.47 Å². The normalized spacial score (nSPS) is 11.3. The molecule has 36 heavy (non-hydrogen) atoms. The van der Waals surface area contributed by atoms with Gasteiger partial charge in [-0.25, -0.2) is 9.59 Å². The molecule has 0 aliphatic rings. The van der Waals surface area contributed by atoms with E-state index in [0.717, 1.165) is 52.1 Å². The van der Waals surface area contributed by atoms with Crippen molar-refractivity contribution in [2.24, 2.45) is 0 Å². The molecule has 0 atom stereocenters. The van der Waals surface area contributed by atoms with Gasteiger partial charge >= 0.3 is 11.9 Å². The molecule has 6 nitrogen and oxygen atoms in total. The minimum atomic E-state index is -0.460. The Kier molecular flexibility index (Phi) is 18.9. The van der Waals surface area contributed by atoms with Crippen molar-refractivity contribution in [1.82, 2.24) is 9.80 Å². The summed E-state index contributed by atoms with van der Waals surface area (Å²) in [7, 11) is 0. The first-order chi connectivity index (χ1) is 17.6. The lowest BCUT2D eigenvalue weighted by molar-refractivity contribution is 0.0441. The summed E-state index contributed by atoms with van der Waals surface area (Å²) in [5.74, 6) is -0.921. The van der Waals surface area contributed by atoms with E-state index in [1.807, 2.05) is 0 Å². The minimum absolute atomic E-state index is 0.278. The average Bonchev–Trinajstić information content (AvgIpc) is 2.91. The van der Waals surface area contributed by atoms with Gasteiger partial charge in [0.2, 0.25) is 0 Å². The third-order valence-electron chi connectivity index (χ3n) is 6.62. The number of esters is 2. The SMILES string of the molecule is CCCCCCN(CC)CCCOC(=O)c1ccccc1C(=O)OCCCN(CC)CCCCCC. The highest BCUT2D eigenvalue weighted by atomic mass is 16.5. The van der Waals surface area contributed by atoms with Gasteiger partial charge in [-0.1, -0.05) is 78.4 Å². The molecule has 0 bridgehead atoms. The van der Waals surface area contributed by atoms with Gasteiger partial charge in [-0.05, 0) is 64.0 Å². The predicted octanol–water partition coefficient (Wildman–Crippen LogP) is 6.58. The van der Waals surface area contributed by atoms with Crippen LogP contribution in [0.25, 0.3) is 0 Å². The summed E-state index contributed by atoms with van der Waals surface area (Å²) in [5.41, 5.74) is 0.557. The van der Waals surface area contributed by atoms with Crippen molar-refractivity contribution in [3.63, 3.8) is 0 Å². The molecule has 206 valence electrons. The largest absolute Gasteiger partial charge is 0.462 e. The molecule has 1 rings (SSSR count). The number of ether oxygens (including phenoxy) is 2. The number of hydrogen-bond acceptors (Lipinski definition) is 6. The molecule has 0 aromatic heterocycles. The van der Waals surface area contributed by atoms with Crippen LogP contribution in [0.5, 0.6) is 0 Å². The zero-order valence-electron chi connectivity index (χ0n) is 23.6. The van der Waals surface area contributed by atoms with Gasteiger partial charge in [0.1, 0.15) is 0 Å². The number of nitrogens with zero attached hydrogens (tertiary/aromatic N) is 2. The quantitative estimate of drug-likeness (QED) is 0.131. The smallest absolute Gasteiger partial charge is 0.339 e. The van der Waals surface area contributed by atoms with Crippen LogP contribution in [0.15, 0.2) is 24.3 Å². The Balaban J connectivity index is 2.41. The summed E-state index contributed by atoms with van der Waals surface area (Å²) in [4.78, 5) is 30.2. The van der Waals surface area contributed by atoms with Crippen molar-refractivity contribution < 1.29 is 19.1 Å². The van der Waals surface area contributed by atoms with Crippen LogP contribution >= 0.6 is 0 Å². The average molecular weight is 505 g/mol. The number of hydrogen-bond donors (Lipinski definition) is 0. The van der Waals surface area contributed by atoms with Gasteiger partial charge in [0.05, 0.1) is 24.3 Å². The summed E-state index contributed by atoms with van der Waals surface area (Å²) < 4.78 is 11.0. The van der Waals surface area contributed by atoms with Crippen LogP contribution in [0.4, 0.5) is 0 Å². The molecule has 1 aromatic carbocycles. The van der Waals surface area contributed by atoms with Crippen molar-refractivity contribution in [3.8, 4) is 0 Å². The Morgan fingerprint density at radius 3 is 1.33 bits per heavy atom. The summed E-state index contributed by atoms with van der Waals surface area (Å²) in [6.07, 6.45) is 11.6. The molecule has 6 heteroatoms. The lowest BCUT2D eigenvalue weighted by atomic mass is 10.1. The van der Waals surface area contributed by atoms with Crippen LogP contribution in [0, 0.1) is 0 Å². The third-order valence-corrected chi connectivity index (χ3v) is 6.62. The van der Waals surface area contributed by atoms with Crippen molar-refractivity contribution in [2.75, 3.05) is 52.5 Å². The second kappa shape index (κ2) is 21.2. The molecular formula is C30H52N2O4. The Labute approximate surface area is 220 Å². The molecule has 0 saturated carbocycles. The van der Waals surface area contributed by atoms with E-state index in [2.05, 4.69) is 37.5 Å². The minimum Gasteiger partial charge on any atom is -0.462 e. The molecule has 0 amide bonds. The fraction of sp³-hybridized carbons (Fsp3) is 0.733. The number of carbonyl (C=O) groups is 2. The number of unbranched alkanes of at least 4 members (excludes halogenated alkanes) is 6. The third kappa shape index (κ3) is 14.0. The molecule has 1 aromatic rings. The maximum Gasteiger partial charge on any atom is 0.339 e. The summed E-state index contributed by atoms with van der Waals surface area (Å²) >= 11 is 0. The Morgan fingerprint density at radius 1 is 0.583 bits per heavy atom. The number of benzene rings is 1. The maximum atomic E-state index is 12.7. The van der Waals surface area contributed by atoms with E-state index in [0.29, 0.717) is 13.2 Å². The summed E-state index contributed by atoms with van der Waals surface area (Å²) in [6, 6.07) is 6.78. The second-order valence-corrected chi connectivity index (χ2v) is 9.51. The van der Waals surface area contributed by atoms with Crippen LogP contribution in [0.1, 0.15) is 113 Å². The van der Waals surface area contributed by atoms with E-state index in [1.165, 1.54) is 51.4 Å². The van der Waals surface area contributed by atoms with E-state index < -0.39 is 11.9 Å². The molecule has 0 N–H and O–H groups in total. The first-order valence-corrected chi connectivity index (χ1v) is 14.4. The van der Waals surface area contributed by atoms with Crippen LogP contribution in [0.3, 0.4) is 0 Å². The van der Waals surface area contributed by atoms with Gasteiger partial charge in [-0.2, -0.15) is 0 Å². The standard InChI is InChI=1S/C30H52N2O4/c1-5-9-11-15-21-31(7-3)23-17-25-35-29(33)27-19-13-14-20-28(27)30(34)36-26-18-24-32(8-4)22-16-12-10-6-2/h13-14,19-20H,5-12,15-18,21-26H2,1-4H3. The molecule has 0 radical (unpaired) electrons. The predicted molar refractivity (Wildman–Crippen MR) is 149 cm³/mol. The van der Waals surface area contributed by atoms with Crippen molar-refractivity contribution in [3.05, 3.63) is 35.4 Å². The van der Waals surface area contributed by atoms with E-state index >= 15 is 0 Å². The monoisotopic (exact) mass is 504 g/mol. The van der Waals surface area contributed by atoms with Gasteiger partial charge in [0.25, 0.3) is 0 Å². The second-order valence-electron chi connectivity index (χ2n) is 9.51. The van der Waals surface area contributed by atoms with Gasteiger partial charge < -0.3 is 19.3 Å². The molecule has 0 aliphatic carbocycles. The highest BCUT2D eigenvalue weighted by Gasteiger charge is 2.19. The lowest BCUT2D eigenvalue weighted by Gasteiger charge is -2.20. The van der Waals surface area contributed by atoms with E-state index in [4.69, 9.17) is 9.47 Å². The van der Waals surface area contributed by atoms with E-state index in [1.54, 1.807) is 24.3 Å². The van der Waals surface area contributed by atoms with Gasteiger partial charge in [-0.3, -0.25) is 0 Å². The topological polar surface area (TPSA) is 59.1 Å². The first kappa shape index (κ1) is 32.1. The molecule has 0 heterocycles. The van der Waals surface area contributed by atoms with Crippen molar-refractivity contribution >= 4 is 11.9 Å². The zero-order valence-corrected chi connectivity index (χ0v) is 23.6. The lowest BCUT2D eigenvalue weighted by Crippen LogP contribution is -2.27. The fourth-order valence-corrected chi connectivity index (χ4v) is 4.28. The van der Waals surface area contributed by atoms with E-state index in [-0.39, 0.29) is 11.1 Å². The number of carbonyl (C=O) groups excluding carboxylic acids is 2. The highest BCUT2D eigenvalue weighted by Crippen LogP contribution is 2.13. The fourth-order valence-electron chi connectivity index (χ4n) is 4.28. The molecule has 0 aliphatic heterocycles. The Bertz CT molecular complexity index is 651. The molecule has 0 fully saturated rings. The summed E-state index contributed by atoms with van der Waals surface area (Å²) in [6.45, 7) is 15.5. The van der Waals surface area contributed by atoms with Crippen LogP contribution in [-0.4, -0.2) is 74.2 Å². The highest BCUT2D eigenvalue weighted by molar-refractivity contribution is 6.03. The maximum absolute atomic E-state index is 12.7. The molecular weight excluding hydrogens is 452 g/mol. The zero-order chi connectivity index (χ0) is 26.4. The van der Waals surface area contributed by atoms with E-state index in [9.17, 15) is 9.59 Å². The Hall–Kier alpha value is -1.92. The Morgan fingerprint density at radius 2 is 0.972 bits per heavy atom. The molecule has 0 unspecified atom stereocenters. The van der Waals surface area contributed by atoms with Gasteiger partial charge in [0, 0.05) is 13.1 Å². The van der Waals surface area contributed by atoms with Crippen LogP contribution in [0.2, 0.25) is 0 Å². The molecule has 0 saturated heterocycles. The molecule has 0 spiro atoms. The van der Waals surface area contributed by atoms with Crippen LogP contribution < -0.4 is 0 Å². The first-order valence-electron chi connectivity index (χ1n) is 14.4. The van der Waals surface area contributed by atoms with Gasteiger partial charge in [-0.15, -0.1) is 0 Å². The van der Waals surface area contributed by atoms with Crippen molar-refractivity contribution in [1.29, 1.82) is 0 Å². The van der Waals surface area contributed by atoms with Gasteiger partial charge in [0.15, 0.2) is 0 Å².